The molecular formula is C12H14FNOS. The van der Waals surface area contributed by atoms with E-state index in [1.54, 1.807) is 12.1 Å². The maximum atomic E-state index is 12.7. The first-order chi connectivity index (χ1) is 7.75. The summed E-state index contributed by atoms with van der Waals surface area (Å²) < 4.78 is 18.2. The molecule has 1 aromatic carbocycles. The van der Waals surface area contributed by atoms with Crippen LogP contribution in [-0.2, 0) is 4.74 Å². The van der Waals surface area contributed by atoms with Crippen LogP contribution in [0.25, 0.3) is 0 Å². The molecule has 0 bridgehead atoms. The Hall–Kier alpha value is -1.00. The zero-order chi connectivity index (χ0) is 11.4. The minimum absolute atomic E-state index is 0.245. The van der Waals surface area contributed by atoms with E-state index in [0.29, 0.717) is 4.99 Å². The standard InChI is InChI=1S/C12H14FNOS/c13-10-5-3-9(4-6-10)12(16)14-8-11-2-1-7-15-11/h3-6,11H,1-2,7-8H2,(H,14,16)/t11-/m0/s1. The number of nitrogens with one attached hydrogen (secondary N) is 1. The maximum Gasteiger partial charge on any atom is 0.123 e. The predicted octanol–water partition coefficient (Wildman–Crippen LogP) is 2.27. The smallest absolute Gasteiger partial charge is 0.123 e. The van der Waals surface area contributed by atoms with E-state index in [-0.39, 0.29) is 11.9 Å². The third-order valence-corrected chi connectivity index (χ3v) is 3.00. The van der Waals surface area contributed by atoms with Crippen LogP contribution in [0.2, 0.25) is 0 Å². The van der Waals surface area contributed by atoms with Gasteiger partial charge in [0, 0.05) is 18.7 Å². The van der Waals surface area contributed by atoms with Crippen molar-refractivity contribution >= 4 is 17.2 Å². The third kappa shape index (κ3) is 3.00. The fourth-order valence-corrected chi connectivity index (χ4v) is 1.93. The highest BCUT2D eigenvalue weighted by atomic mass is 32.1. The van der Waals surface area contributed by atoms with E-state index >= 15 is 0 Å². The highest BCUT2D eigenvalue weighted by molar-refractivity contribution is 7.80. The van der Waals surface area contributed by atoms with Crippen LogP contribution in [0.1, 0.15) is 18.4 Å². The number of hydrogen-bond donors (Lipinski definition) is 1. The van der Waals surface area contributed by atoms with Crippen molar-refractivity contribution in [3.8, 4) is 0 Å². The number of hydrogen-bond acceptors (Lipinski definition) is 2. The predicted molar refractivity (Wildman–Crippen MR) is 65.1 cm³/mol. The van der Waals surface area contributed by atoms with Gasteiger partial charge >= 0.3 is 0 Å². The monoisotopic (exact) mass is 239 g/mol. The van der Waals surface area contributed by atoms with Crippen molar-refractivity contribution in [2.24, 2.45) is 0 Å². The molecule has 0 radical (unpaired) electrons. The molecule has 1 aliphatic rings. The second-order valence-electron chi connectivity index (χ2n) is 3.85. The summed E-state index contributed by atoms with van der Waals surface area (Å²) in [6.07, 6.45) is 2.47. The van der Waals surface area contributed by atoms with Crippen molar-refractivity contribution in [1.29, 1.82) is 0 Å². The van der Waals surface area contributed by atoms with Crippen LogP contribution >= 0.6 is 12.2 Å². The summed E-state index contributed by atoms with van der Waals surface area (Å²) in [5.74, 6) is -0.245. The summed E-state index contributed by atoms with van der Waals surface area (Å²) in [5, 5.41) is 3.14. The molecule has 1 fully saturated rings. The molecule has 86 valence electrons. The van der Waals surface area contributed by atoms with Gasteiger partial charge in [-0.3, -0.25) is 0 Å². The van der Waals surface area contributed by atoms with Crippen LogP contribution in [0.4, 0.5) is 4.39 Å². The molecule has 1 saturated heterocycles. The molecular weight excluding hydrogens is 225 g/mol. The van der Waals surface area contributed by atoms with E-state index in [0.717, 1.165) is 31.6 Å². The van der Waals surface area contributed by atoms with Gasteiger partial charge in [0.2, 0.25) is 0 Å². The molecule has 1 heterocycles. The van der Waals surface area contributed by atoms with Gasteiger partial charge in [0.1, 0.15) is 10.8 Å². The number of thiocarbonyl (C=S) groups is 1. The SMILES string of the molecule is Fc1ccc(C(=S)NC[C@@H]2CCCO2)cc1. The Kier molecular flexibility index (Phi) is 3.85. The molecule has 2 nitrogen and oxygen atoms in total. The van der Waals surface area contributed by atoms with Crippen molar-refractivity contribution in [2.75, 3.05) is 13.2 Å². The van der Waals surface area contributed by atoms with Crippen LogP contribution < -0.4 is 5.32 Å². The number of halogens is 1. The van der Waals surface area contributed by atoms with E-state index in [1.165, 1.54) is 12.1 Å². The largest absolute Gasteiger partial charge is 0.376 e. The zero-order valence-electron chi connectivity index (χ0n) is 8.91. The minimum atomic E-state index is -0.245. The lowest BCUT2D eigenvalue weighted by Crippen LogP contribution is -2.31. The van der Waals surface area contributed by atoms with Gasteiger partial charge < -0.3 is 10.1 Å². The summed E-state index contributed by atoms with van der Waals surface area (Å²) in [6.45, 7) is 1.58. The van der Waals surface area contributed by atoms with Crippen molar-refractivity contribution in [1.82, 2.24) is 5.32 Å². The molecule has 1 aromatic rings. The summed E-state index contributed by atoms with van der Waals surface area (Å²) >= 11 is 5.21. The molecule has 16 heavy (non-hydrogen) atoms. The van der Waals surface area contributed by atoms with Crippen LogP contribution in [0, 0.1) is 5.82 Å². The molecule has 0 amide bonds. The number of rotatable bonds is 3. The molecule has 4 heteroatoms. The van der Waals surface area contributed by atoms with Crippen LogP contribution in [0.5, 0.6) is 0 Å². The molecule has 2 rings (SSSR count). The van der Waals surface area contributed by atoms with Crippen molar-refractivity contribution in [2.45, 2.75) is 18.9 Å². The average molecular weight is 239 g/mol. The molecule has 1 aliphatic heterocycles. The van der Waals surface area contributed by atoms with E-state index < -0.39 is 0 Å². The van der Waals surface area contributed by atoms with Crippen LogP contribution in [0.15, 0.2) is 24.3 Å². The number of ether oxygens (including phenoxy) is 1. The number of benzene rings is 1. The highest BCUT2D eigenvalue weighted by Crippen LogP contribution is 2.11. The van der Waals surface area contributed by atoms with Crippen LogP contribution in [0.3, 0.4) is 0 Å². The first-order valence-electron chi connectivity index (χ1n) is 5.41. The average Bonchev–Trinajstić information content (AvgIpc) is 2.80. The molecule has 1 atom stereocenters. The van der Waals surface area contributed by atoms with E-state index in [2.05, 4.69) is 5.32 Å². The zero-order valence-corrected chi connectivity index (χ0v) is 9.73. The van der Waals surface area contributed by atoms with Gasteiger partial charge in [0.25, 0.3) is 0 Å². The van der Waals surface area contributed by atoms with E-state index in [9.17, 15) is 4.39 Å². The topological polar surface area (TPSA) is 21.3 Å². The Morgan fingerprint density at radius 2 is 2.19 bits per heavy atom. The molecule has 0 aliphatic carbocycles. The Morgan fingerprint density at radius 3 is 2.81 bits per heavy atom. The molecule has 0 unspecified atom stereocenters. The quantitative estimate of drug-likeness (QED) is 0.818. The fraction of sp³-hybridized carbons (Fsp3) is 0.417. The lowest BCUT2D eigenvalue weighted by Gasteiger charge is -2.12. The lowest BCUT2D eigenvalue weighted by molar-refractivity contribution is 0.114. The van der Waals surface area contributed by atoms with Crippen molar-refractivity contribution < 1.29 is 9.13 Å². The van der Waals surface area contributed by atoms with Gasteiger partial charge in [-0.05, 0) is 37.1 Å². The summed E-state index contributed by atoms with van der Waals surface area (Å²) in [6, 6.07) is 6.19. The fourth-order valence-electron chi connectivity index (χ4n) is 1.72. The normalized spacial score (nSPS) is 19.7. The van der Waals surface area contributed by atoms with E-state index in [4.69, 9.17) is 17.0 Å². The van der Waals surface area contributed by atoms with Crippen molar-refractivity contribution in [3.05, 3.63) is 35.6 Å². The second kappa shape index (κ2) is 5.37. The van der Waals surface area contributed by atoms with Crippen LogP contribution in [-0.4, -0.2) is 24.2 Å². The summed E-state index contributed by atoms with van der Waals surface area (Å²) in [5.41, 5.74) is 0.842. The summed E-state index contributed by atoms with van der Waals surface area (Å²) in [4.78, 5) is 0.649. The van der Waals surface area contributed by atoms with Gasteiger partial charge in [-0.2, -0.15) is 0 Å². The molecule has 0 aromatic heterocycles. The Balaban J connectivity index is 1.85. The Morgan fingerprint density at radius 1 is 1.44 bits per heavy atom. The van der Waals surface area contributed by atoms with E-state index in [1.807, 2.05) is 0 Å². The van der Waals surface area contributed by atoms with Gasteiger partial charge in [-0.15, -0.1) is 0 Å². The summed E-state index contributed by atoms with van der Waals surface area (Å²) in [7, 11) is 0. The maximum absolute atomic E-state index is 12.7. The third-order valence-electron chi connectivity index (χ3n) is 2.62. The van der Waals surface area contributed by atoms with Gasteiger partial charge in [-0.1, -0.05) is 12.2 Å². The second-order valence-corrected chi connectivity index (χ2v) is 4.26. The molecule has 0 saturated carbocycles. The minimum Gasteiger partial charge on any atom is -0.376 e. The molecule has 0 spiro atoms. The first kappa shape index (κ1) is 11.5. The van der Waals surface area contributed by atoms with Gasteiger partial charge in [0.15, 0.2) is 0 Å². The highest BCUT2D eigenvalue weighted by Gasteiger charge is 2.15. The Labute approximate surface area is 99.8 Å². The lowest BCUT2D eigenvalue weighted by atomic mass is 10.2. The van der Waals surface area contributed by atoms with Gasteiger partial charge in [0.05, 0.1) is 6.10 Å². The van der Waals surface area contributed by atoms with Crippen molar-refractivity contribution in [3.63, 3.8) is 0 Å². The molecule has 1 N–H and O–H groups in total. The Bertz CT molecular complexity index is 360. The first-order valence-corrected chi connectivity index (χ1v) is 5.82. The van der Waals surface area contributed by atoms with Gasteiger partial charge in [-0.25, -0.2) is 4.39 Å².